The molecule has 1 N–H and O–H groups in total. The fraction of sp³-hybridized carbons (Fsp3) is 0.667. The van der Waals surface area contributed by atoms with Crippen LogP contribution in [0, 0.1) is 5.41 Å². The lowest BCUT2D eigenvalue weighted by Crippen LogP contribution is -2.34. The number of anilines is 1. The highest BCUT2D eigenvalue weighted by Gasteiger charge is 2.44. The van der Waals surface area contributed by atoms with Gasteiger partial charge in [0, 0.05) is 19.2 Å². The Bertz CT molecular complexity index is 495. The Hall–Kier alpha value is -1.85. The molecule has 1 fully saturated rings. The number of nitrogens with zero attached hydrogens (tertiary/aromatic N) is 3. The standard InChI is InChI=1S/C15H23N3O3/c1-3-5-15(14(19)20)6-7-18(10-15)12-9-13(17-11-16-12)21-8-4-2/h9,11H,3-8,10H2,1-2H3,(H,19,20). The van der Waals surface area contributed by atoms with Gasteiger partial charge in [0.15, 0.2) is 0 Å². The van der Waals surface area contributed by atoms with E-state index in [2.05, 4.69) is 9.97 Å². The summed E-state index contributed by atoms with van der Waals surface area (Å²) in [5, 5.41) is 9.55. The van der Waals surface area contributed by atoms with Gasteiger partial charge in [0.1, 0.15) is 12.1 Å². The van der Waals surface area contributed by atoms with E-state index in [1.807, 2.05) is 18.7 Å². The molecule has 0 aromatic carbocycles. The van der Waals surface area contributed by atoms with Gasteiger partial charge in [-0.1, -0.05) is 20.3 Å². The maximum atomic E-state index is 11.6. The summed E-state index contributed by atoms with van der Waals surface area (Å²) < 4.78 is 5.51. The Labute approximate surface area is 125 Å². The highest BCUT2D eigenvalue weighted by atomic mass is 16.5. The zero-order valence-corrected chi connectivity index (χ0v) is 12.7. The van der Waals surface area contributed by atoms with Crippen molar-refractivity contribution in [3.63, 3.8) is 0 Å². The molecular weight excluding hydrogens is 270 g/mol. The molecule has 0 saturated carbocycles. The first-order chi connectivity index (χ1) is 10.1. The highest BCUT2D eigenvalue weighted by Crippen LogP contribution is 2.37. The van der Waals surface area contributed by atoms with Crippen LogP contribution < -0.4 is 9.64 Å². The third-order valence-electron chi connectivity index (χ3n) is 3.94. The molecule has 1 saturated heterocycles. The average Bonchev–Trinajstić information content (AvgIpc) is 2.91. The highest BCUT2D eigenvalue weighted by molar-refractivity contribution is 5.76. The number of carbonyl (C=O) groups is 1. The summed E-state index contributed by atoms with van der Waals surface area (Å²) in [4.78, 5) is 22.0. The molecule has 2 rings (SSSR count). The smallest absolute Gasteiger partial charge is 0.311 e. The number of carboxylic acid groups (broad SMARTS) is 1. The Kier molecular flexibility index (Phi) is 4.98. The largest absolute Gasteiger partial charge is 0.481 e. The molecule has 1 aliphatic heterocycles. The molecule has 0 amide bonds. The summed E-state index contributed by atoms with van der Waals surface area (Å²) in [6, 6.07) is 1.79. The minimum absolute atomic E-state index is 0.500. The van der Waals surface area contributed by atoms with Crippen LogP contribution in [0.5, 0.6) is 5.88 Å². The van der Waals surface area contributed by atoms with Gasteiger partial charge in [0.25, 0.3) is 0 Å². The van der Waals surface area contributed by atoms with Gasteiger partial charge in [-0.15, -0.1) is 0 Å². The van der Waals surface area contributed by atoms with E-state index in [0.717, 1.165) is 18.7 Å². The molecule has 0 radical (unpaired) electrons. The lowest BCUT2D eigenvalue weighted by Gasteiger charge is -2.24. The maximum absolute atomic E-state index is 11.6. The second-order valence-electron chi connectivity index (χ2n) is 5.57. The molecule has 21 heavy (non-hydrogen) atoms. The van der Waals surface area contributed by atoms with Gasteiger partial charge < -0.3 is 14.7 Å². The van der Waals surface area contributed by atoms with Crippen molar-refractivity contribution >= 4 is 11.8 Å². The Morgan fingerprint density at radius 3 is 2.90 bits per heavy atom. The Morgan fingerprint density at radius 2 is 2.24 bits per heavy atom. The summed E-state index contributed by atoms with van der Waals surface area (Å²) >= 11 is 0. The van der Waals surface area contributed by atoms with E-state index in [-0.39, 0.29) is 0 Å². The average molecular weight is 293 g/mol. The lowest BCUT2D eigenvalue weighted by atomic mass is 9.83. The first-order valence-corrected chi connectivity index (χ1v) is 7.54. The quantitative estimate of drug-likeness (QED) is 0.831. The van der Waals surface area contributed by atoms with Crippen LogP contribution in [-0.2, 0) is 4.79 Å². The van der Waals surface area contributed by atoms with Crippen molar-refractivity contribution in [2.45, 2.75) is 39.5 Å². The number of hydrogen-bond donors (Lipinski definition) is 1. The summed E-state index contributed by atoms with van der Waals surface area (Å²) in [6.45, 7) is 5.88. The van der Waals surface area contributed by atoms with E-state index >= 15 is 0 Å². The molecule has 116 valence electrons. The van der Waals surface area contributed by atoms with Crippen LogP contribution >= 0.6 is 0 Å². The predicted molar refractivity (Wildman–Crippen MR) is 79.6 cm³/mol. The monoisotopic (exact) mass is 293 g/mol. The van der Waals surface area contributed by atoms with Crippen molar-refractivity contribution in [2.75, 3.05) is 24.6 Å². The molecule has 0 spiro atoms. The van der Waals surface area contributed by atoms with Crippen LogP contribution in [0.25, 0.3) is 0 Å². The third kappa shape index (κ3) is 3.43. The van der Waals surface area contributed by atoms with Crippen molar-refractivity contribution in [3.8, 4) is 5.88 Å². The van der Waals surface area contributed by atoms with E-state index in [9.17, 15) is 9.90 Å². The zero-order chi connectivity index (χ0) is 15.3. The molecule has 0 aliphatic carbocycles. The van der Waals surface area contributed by atoms with Crippen LogP contribution in [0.4, 0.5) is 5.82 Å². The van der Waals surface area contributed by atoms with Crippen LogP contribution in [-0.4, -0.2) is 40.7 Å². The van der Waals surface area contributed by atoms with Crippen LogP contribution in [0.2, 0.25) is 0 Å². The predicted octanol–water partition coefficient (Wildman–Crippen LogP) is 2.35. The molecule has 6 nitrogen and oxygen atoms in total. The minimum Gasteiger partial charge on any atom is -0.481 e. The number of hydrogen-bond acceptors (Lipinski definition) is 5. The molecule has 6 heteroatoms. The van der Waals surface area contributed by atoms with Gasteiger partial charge in [-0.3, -0.25) is 4.79 Å². The number of aliphatic carboxylic acids is 1. The summed E-state index contributed by atoms with van der Waals surface area (Å²) in [6.07, 6.45) is 4.62. The Balaban J connectivity index is 2.11. The van der Waals surface area contributed by atoms with Gasteiger partial charge in [-0.2, -0.15) is 0 Å². The first kappa shape index (κ1) is 15.5. The second-order valence-corrected chi connectivity index (χ2v) is 5.57. The fourth-order valence-electron chi connectivity index (χ4n) is 2.82. The van der Waals surface area contributed by atoms with E-state index in [1.165, 1.54) is 6.33 Å². The van der Waals surface area contributed by atoms with Crippen LogP contribution in [0.15, 0.2) is 12.4 Å². The van der Waals surface area contributed by atoms with Crippen molar-refractivity contribution in [3.05, 3.63) is 12.4 Å². The summed E-state index contributed by atoms with van der Waals surface area (Å²) in [7, 11) is 0. The van der Waals surface area contributed by atoms with E-state index < -0.39 is 11.4 Å². The molecule has 1 atom stereocenters. The number of carboxylic acids is 1. The number of ether oxygens (including phenoxy) is 1. The molecule has 1 aliphatic rings. The topological polar surface area (TPSA) is 75.5 Å². The fourth-order valence-corrected chi connectivity index (χ4v) is 2.82. The van der Waals surface area contributed by atoms with Crippen molar-refractivity contribution in [2.24, 2.45) is 5.41 Å². The number of rotatable bonds is 7. The van der Waals surface area contributed by atoms with Gasteiger partial charge >= 0.3 is 5.97 Å². The van der Waals surface area contributed by atoms with E-state index in [4.69, 9.17) is 4.74 Å². The first-order valence-electron chi connectivity index (χ1n) is 7.54. The molecule has 1 aromatic rings. The molecule has 0 bridgehead atoms. The second kappa shape index (κ2) is 6.74. The van der Waals surface area contributed by atoms with Gasteiger partial charge in [0.2, 0.25) is 5.88 Å². The van der Waals surface area contributed by atoms with Crippen molar-refractivity contribution < 1.29 is 14.6 Å². The molecular formula is C15H23N3O3. The molecule has 1 unspecified atom stereocenters. The minimum atomic E-state index is -0.705. The van der Waals surface area contributed by atoms with Crippen LogP contribution in [0.1, 0.15) is 39.5 Å². The van der Waals surface area contributed by atoms with Crippen molar-refractivity contribution in [1.82, 2.24) is 9.97 Å². The van der Waals surface area contributed by atoms with E-state index in [0.29, 0.717) is 38.4 Å². The van der Waals surface area contributed by atoms with Gasteiger partial charge in [0.05, 0.1) is 12.0 Å². The maximum Gasteiger partial charge on any atom is 0.311 e. The van der Waals surface area contributed by atoms with E-state index in [1.54, 1.807) is 6.07 Å². The SMILES string of the molecule is CCCOc1cc(N2CCC(CCC)(C(=O)O)C2)ncn1. The third-order valence-corrected chi connectivity index (χ3v) is 3.94. The summed E-state index contributed by atoms with van der Waals surface area (Å²) in [5.74, 6) is 0.587. The number of aromatic nitrogens is 2. The Morgan fingerprint density at radius 1 is 1.43 bits per heavy atom. The van der Waals surface area contributed by atoms with Gasteiger partial charge in [-0.25, -0.2) is 9.97 Å². The molecule has 1 aromatic heterocycles. The van der Waals surface area contributed by atoms with Crippen LogP contribution in [0.3, 0.4) is 0 Å². The zero-order valence-electron chi connectivity index (χ0n) is 12.7. The van der Waals surface area contributed by atoms with Gasteiger partial charge in [-0.05, 0) is 19.3 Å². The molecule has 2 heterocycles. The summed E-state index contributed by atoms with van der Waals surface area (Å²) in [5.41, 5.74) is -0.649. The lowest BCUT2D eigenvalue weighted by molar-refractivity contribution is -0.148. The normalized spacial score (nSPS) is 21.5. The van der Waals surface area contributed by atoms with Crippen molar-refractivity contribution in [1.29, 1.82) is 0 Å².